The first kappa shape index (κ1) is 18.7. The van der Waals surface area contributed by atoms with Crippen LogP contribution in [0.5, 0.6) is 0 Å². The highest BCUT2D eigenvalue weighted by atomic mass is 32.1. The third-order valence-corrected chi connectivity index (χ3v) is 5.21. The van der Waals surface area contributed by atoms with Crippen LogP contribution in [-0.2, 0) is 6.18 Å². The van der Waals surface area contributed by atoms with E-state index < -0.39 is 11.7 Å². The Labute approximate surface area is 153 Å². The summed E-state index contributed by atoms with van der Waals surface area (Å²) in [7, 11) is 0. The Morgan fingerprint density at radius 2 is 1.69 bits per heavy atom. The van der Waals surface area contributed by atoms with E-state index in [1.165, 1.54) is 23.5 Å². The number of urea groups is 1. The zero-order chi connectivity index (χ0) is 18.7. The summed E-state index contributed by atoms with van der Waals surface area (Å²) in [6.45, 7) is 3.28. The molecule has 0 radical (unpaired) electrons. The minimum atomic E-state index is -4.37. The Bertz CT molecular complexity index is 829. The van der Waals surface area contributed by atoms with Crippen molar-refractivity contribution in [3.63, 3.8) is 0 Å². The van der Waals surface area contributed by atoms with Gasteiger partial charge in [-0.1, -0.05) is 12.8 Å². The Balaban J connectivity index is 1.91. The van der Waals surface area contributed by atoms with Gasteiger partial charge < -0.3 is 4.90 Å². The molecule has 1 fully saturated rings. The van der Waals surface area contributed by atoms with Crippen molar-refractivity contribution in [1.82, 2.24) is 9.47 Å². The molecule has 1 saturated heterocycles. The molecular formula is C18H20F3N3OS. The second kappa shape index (κ2) is 7.65. The van der Waals surface area contributed by atoms with Gasteiger partial charge in [0.1, 0.15) is 0 Å². The number of aryl methyl sites for hydroxylation is 1. The van der Waals surface area contributed by atoms with Gasteiger partial charge in [-0.25, -0.2) is 4.79 Å². The fourth-order valence-corrected chi connectivity index (χ4v) is 3.77. The number of carbonyl (C=O) groups is 1. The topological polar surface area (TPSA) is 37.6 Å². The monoisotopic (exact) mass is 383 g/mol. The maximum Gasteiger partial charge on any atom is 0.416 e. The molecule has 0 aliphatic carbocycles. The summed E-state index contributed by atoms with van der Waals surface area (Å²) in [6.07, 6.45) is 1.60. The van der Waals surface area contributed by atoms with Gasteiger partial charge in [-0.15, -0.1) is 11.3 Å². The van der Waals surface area contributed by atoms with Gasteiger partial charge in [-0.05, 0) is 44.0 Å². The van der Waals surface area contributed by atoms with Gasteiger partial charge in [-0.2, -0.15) is 18.2 Å². The smallest absolute Gasteiger partial charge is 0.323 e. The van der Waals surface area contributed by atoms with Crippen LogP contribution >= 0.6 is 11.3 Å². The Morgan fingerprint density at radius 3 is 2.27 bits per heavy atom. The first-order chi connectivity index (χ1) is 12.3. The quantitative estimate of drug-likeness (QED) is 0.699. The predicted molar refractivity (Wildman–Crippen MR) is 94.4 cm³/mol. The molecule has 1 aliphatic heterocycles. The largest absolute Gasteiger partial charge is 0.416 e. The SMILES string of the molecule is Cc1cn(-c2ccc(C(F)(F)F)cc2)c(=NC(=O)N2CCCCCC2)s1. The number of thiazole rings is 1. The lowest BCUT2D eigenvalue weighted by atomic mass is 10.2. The zero-order valence-electron chi connectivity index (χ0n) is 14.4. The van der Waals surface area contributed by atoms with Gasteiger partial charge in [0.15, 0.2) is 4.80 Å². The number of carbonyl (C=O) groups excluding carboxylic acids is 1. The molecule has 1 aliphatic rings. The zero-order valence-corrected chi connectivity index (χ0v) is 15.2. The summed E-state index contributed by atoms with van der Waals surface area (Å²) in [5.74, 6) is 0. The van der Waals surface area contributed by atoms with Gasteiger partial charge in [0.2, 0.25) is 0 Å². The van der Waals surface area contributed by atoms with E-state index in [1.54, 1.807) is 15.7 Å². The number of alkyl halides is 3. The van der Waals surface area contributed by atoms with E-state index in [0.29, 0.717) is 23.6 Å². The lowest BCUT2D eigenvalue weighted by Gasteiger charge is -2.16. The highest BCUT2D eigenvalue weighted by Gasteiger charge is 2.30. The maximum absolute atomic E-state index is 12.7. The van der Waals surface area contributed by atoms with Gasteiger partial charge in [0.25, 0.3) is 0 Å². The number of rotatable bonds is 1. The van der Waals surface area contributed by atoms with Crippen LogP contribution in [0, 0.1) is 6.92 Å². The molecule has 0 N–H and O–H groups in total. The number of amides is 2. The molecule has 0 spiro atoms. The van der Waals surface area contributed by atoms with Crippen molar-refractivity contribution in [3.05, 3.63) is 45.7 Å². The van der Waals surface area contributed by atoms with Gasteiger partial charge in [0.05, 0.1) is 5.56 Å². The van der Waals surface area contributed by atoms with E-state index in [9.17, 15) is 18.0 Å². The van der Waals surface area contributed by atoms with Crippen molar-refractivity contribution < 1.29 is 18.0 Å². The average Bonchev–Trinajstić information content (AvgIpc) is 2.80. The number of halogens is 3. The van der Waals surface area contributed by atoms with Crippen LogP contribution in [0.25, 0.3) is 5.69 Å². The van der Waals surface area contributed by atoms with Crippen molar-refractivity contribution in [1.29, 1.82) is 0 Å². The number of nitrogens with zero attached hydrogens (tertiary/aromatic N) is 3. The molecule has 26 heavy (non-hydrogen) atoms. The summed E-state index contributed by atoms with van der Waals surface area (Å²) in [6, 6.07) is 4.58. The summed E-state index contributed by atoms with van der Waals surface area (Å²) in [5, 5.41) is 0. The number of aromatic nitrogens is 1. The Hall–Kier alpha value is -2.09. The molecule has 8 heteroatoms. The van der Waals surface area contributed by atoms with Crippen LogP contribution in [0.15, 0.2) is 35.5 Å². The third-order valence-electron chi connectivity index (χ3n) is 4.31. The molecule has 1 aromatic carbocycles. The highest BCUT2D eigenvalue weighted by molar-refractivity contribution is 7.09. The fourth-order valence-electron chi connectivity index (χ4n) is 2.94. The minimum absolute atomic E-state index is 0.283. The Kier molecular flexibility index (Phi) is 5.50. The second-order valence-electron chi connectivity index (χ2n) is 6.33. The third kappa shape index (κ3) is 4.35. The molecule has 4 nitrogen and oxygen atoms in total. The standard InChI is InChI=1S/C18H20F3N3OS/c1-13-12-24(15-8-6-14(7-9-15)18(19,20)21)17(26-13)22-16(25)23-10-4-2-3-5-11-23/h6-9,12H,2-5,10-11H2,1H3. The molecule has 2 aromatic rings. The summed E-state index contributed by atoms with van der Waals surface area (Å²) in [5.41, 5.74) is -0.155. The van der Waals surface area contributed by atoms with Crippen molar-refractivity contribution in [2.45, 2.75) is 38.8 Å². The molecule has 0 bridgehead atoms. The lowest BCUT2D eigenvalue weighted by Crippen LogP contribution is -2.31. The molecule has 0 atom stereocenters. The number of benzene rings is 1. The number of hydrogen-bond donors (Lipinski definition) is 0. The fraction of sp³-hybridized carbons (Fsp3) is 0.444. The van der Waals surface area contributed by atoms with E-state index in [1.807, 2.05) is 6.92 Å². The van der Waals surface area contributed by atoms with E-state index in [2.05, 4.69) is 4.99 Å². The molecule has 2 amide bonds. The van der Waals surface area contributed by atoms with Crippen LogP contribution in [0.1, 0.15) is 36.1 Å². The Morgan fingerprint density at radius 1 is 1.08 bits per heavy atom. The molecule has 2 heterocycles. The van der Waals surface area contributed by atoms with Crippen molar-refractivity contribution >= 4 is 17.4 Å². The van der Waals surface area contributed by atoms with Crippen LogP contribution < -0.4 is 4.80 Å². The predicted octanol–water partition coefficient (Wildman–Crippen LogP) is 4.76. The molecule has 140 valence electrons. The van der Waals surface area contributed by atoms with Crippen LogP contribution in [-0.4, -0.2) is 28.6 Å². The number of likely N-dealkylation sites (tertiary alicyclic amines) is 1. The van der Waals surface area contributed by atoms with E-state index in [0.717, 1.165) is 42.7 Å². The first-order valence-electron chi connectivity index (χ1n) is 8.55. The van der Waals surface area contributed by atoms with Gasteiger partial charge in [-0.3, -0.25) is 4.57 Å². The van der Waals surface area contributed by atoms with Gasteiger partial charge >= 0.3 is 12.2 Å². The van der Waals surface area contributed by atoms with Crippen molar-refractivity contribution in [3.8, 4) is 5.69 Å². The summed E-state index contributed by atoms with van der Waals surface area (Å²) >= 11 is 1.34. The number of hydrogen-bond acceptors (Lipinski definition) is 2. The lowest BCUT2D eigenvalue weighted by molar-refractivity contribution is -0.137. The molecular weight excluding hydrogens is 363 g/mol. The van der Waals surface area contributed by atoms with Crippen LogP contribution in [0.4, 0.5) is 18.0 Å². The average molecular weight is 383 g/mol. The van der Waals surface area contributed by atoms with Gasteiger partial charge in [0, 0.05) is 29.9 Å². The van der Waals surface area contributed by atoms with E-state index >= 15 is 0 Å². The molecule has 3 rings (SSSR count). The normalized spacial score (nSPS) is 16.6. The summed E-state index contributed by atoms with van der Waals surface area (Å²) in [4.78, 5) is 19.9. The summed E-state index contributed by atoms with van der Waals surface area (Å²) < 4.78 is 39.9. The molecule has 1 aromatic heterocycles. The second-order valence-corrected chi connectivity index (χ2v) is 7.55. The molecule has 0 saturated carbocycles. The highest BCUT2D eigenvalue weighted by Crippen LogP contribution is 2.29. The molecule has 0 unspecified atom stereocenters. The van der Waals surface area contributed by atoms with Crippen molar-refractivity contribution in [2.75, 3.05) is 13.1 Å². The van der Waals surface area contributed by atoms with E-state index in [4.69, 9.17) is 0 Å². The first-order valence-corrected chi connectivity index (χ1v) is 9.36. The maximum atomic E-state index is 12.7. The van der Waals surface area contributed by atoms with Crippen LogP contribution in [0.2, 0.25) is 0 Å². The van der Waals surface area contributed by atoms with Crippen LogP contribution in [0.3, 0.4) is 0 Å². The van der Waals surface area contributed by atoms with E-state index in [-0.39, 0.29) is 6.03 Å². The van der Waals surface area contributed by atoms with Crippen molar-refractivity contribution in [2.24, 2.45) is 4.99 Å². The minimum Gasteiger partial charge on any atom is -0.323 e.